The van der Waals surface area contributed by atoms with Crippen LogP contribution < -0.4 is 9.30 Å². The fourth-order valence-corrected chi connectivity index (χ4v) is 1.19. The molecule has 1 heterocycles. The number of aryl methyl sites for hydroxylation is 2. The smallest absolute Gasteiger partial charge is 0.350 e. The summed E-state index contributed by atoms with van der Waals surface area (Å²) >= 11 is 0. The van der Waals surface area contributed by atoms with Gasteiger partial charge in [0, 0.05) is 0 Å². The van der Waals surface area contributed by atoms with Crippen molar-refractivity contribution < 1.29 is 27.3 Å². The summed E-state index contributed by atoms with van der Waals surface area (Å²) in [6.45, 7) is 4.33. The Labute approximate surface area is 90.2 Å². The summed E-state index contributed by atoms with van der Waals surface area (Å²) in [6, 6.07) is -0.104. The molecule has 16 heavy (non-hydrogen) atoms. The summed E-state index contributed by atoms with van der Waals surface area (Å²) in [5.41, 5.74) is 0. The minimum atomic E-state index is -4.98. The van der Waals surface area contributed by atoms with Gasteiger partial charge in [-0.05, 0) is 13.8 Å². The van der Waals surface area contributed by atoms with E-state index < -0.39 is 12.1 Å². The maximum atomic E-state index is 12.0. The number of hydrogen-bond acceptors (Lipinski definition) is 2. The van der Waals surface area contributed by atoms with Crippen LogP contribution in [0.25, 0.3) is 0 Å². The van der Waals surface area contributed by atoms with Crippen LogP contribution in [0.2, 0.25) is 0 Å². The van der Waals surface area contributed by atoms with Gasteiger partial charge in [0.25, 0.3) is 0 Å². The number of alkyl halides is 3. The SMILES string of the molecule is CCn1cc[n+](CC)c1OC(=O)C(F)(F)F. The molecule has 0 saturated carbocycles. The van der Waals surface area contributed by atoms with Gasteiger partial charge < -0.3 is 4.74 Å². The van der Waals surface area contributed by atoms with Gasteiger partial charge in [0.1, 0.15) is 12.4 Å². The van der Waals surface area contributed by atoms with Gasteiger partial charge in [-0.3, -0.25) is 0 Å². The van der Waals surface area contributed by atoms with Crippen molar-refractivity contribution in [3.05, 3.63) is 12.4 Å². The van der Waals surface area contributed by atoms with E-state index >= 15 is 0 Å². The Balaban J connectivity index is 2.95. The number of carbonyl (C=O) groups excluding carboxylic acids is 1. The normalized spacial score (nSPS) is 11.6. The number of ether oxygens (including phenoxy) is 1. The van der Waals surface area contributed by atoms with E-state index in [1.165, 1.54) is 9.13 Å². The van der Waals surface area contributed by atoms with Crippen LogP contribution in [-0.2, 0) is 17.9 Å². The van der Waals surface area contributed by atoms with Crippen LogP contribution in [0.3, 0.4) is 0 Å². The lowest BCUT2D eigenvalue weighted by Crippen LogP contribution is -2.38. The molecular formula is C9H12F3N2O2+. The molecule has 90 valence electrons. The molecule has 0 unspecified atom stereocenters. The van der Waals surface area contributed by atoms with E-state index in [2.05, 4.69) is 4.74 Å². The highest BCUT2D eigenvalue weighted by Gasteiger charge is 2.43. The Morgan fingerprint density at radius 3 is 2.56 bits per heavy atom. The molecule has 0 N–H and O–H groups in total. The van der Waals surface area contributed by atoms with E-state index in [1.807, 2.05) is 0 Å². The molecule has 0 bridgehead atoms. The van der Waals surface area contributed by atoms with E-state index in [9.17, 15) is 18.0 Å². The number of esters is 1. The first-order valence-electron chi connectivity index (χ1n) is 4.77. The first-order valence-corrected chi connectivity index (χ1v) is 4.77. The molecule has 0 atom stereocenters. The molecule has 0 saturated heterocycles. The van der Waals surface area contributed by atoms with Crippen LogP contribution in [0, 0.1) is 0 Å². The largest absolute Gasteiger partial charge is 0.491 e. The van der Waals surface area contributed by atoms with E-state index in [0.717, 1.165) is 0 Å². The number of rotatable bonds is 3. The first kappa shape index (κ1) is 12.5. The summed E-state index contributed by atoms with van der Waals surface area (Å²) in [7, 11) is 0. The minimum Gasteiger partial charge on any atom is -0.350 e. The lowest BCUT2D eigenvalue weighted by atomic mass is 10.6. The molecule has 0 radical (unpaired) electrons. The number of nitrogens with zero attached hydrogens (tertiary/aromatic N) is 2. The molecule has 0 aliphatic carbocycles. The Hall–Kier alpha value is -1.53. The van der Waals surface area contributed by atoms with Gasteiger partial charge in [0.2, 0.25) is 0 Å². The molecule has 0 spiro atoms. The predicted octanol–water partition coefficient (Wildman–Crippen LogP) is 1.28. The van der Waals surface area contributed by atoms with Crippen LogP contribution in [-0.4, -0.2) is 16.7 Å². The van der Waals surface area contributed by atoms with Crippen molar-refractivity contribution in [3.8, 4) is 6.01 Å². The maximum absolute atomic E-state index is 12.0. The third-order valence-corrected chi connectivity index (χ3v) is 2.01. The molecule has 1 aromatic rings. The quantitative estimate of drug-likeness (QED) is 0.586. The Morgan fingerprint density at radius 1 is 1.50 bits per heavy atom. The third-order valence-electron chi connectivity index (χ3n) is 2.01. The van der Waals surface area contributed by atoms with Gasteiger partial charge in [-0.25, -0.2) is 4.79 Å². The highest BCUT2D eigenvalue weighted by Crippen LogP contribution is 2.18. The summed E-state index contributed by atoms with van der Waals surface area (Å²) < 4.78 is 43.2. The van der Waals surface area contributed by atoms with Crippen molar-refractivity contribution in [2.75, 3.05) is 0 Å². The minimum absolute atomic E-state index is 0.104. The standard InChI is InChI=1S/C9H12F3N2O2/c1-3-13-5-6-14(4-2)8(13)16-7(15)9(10,11)12/h5-6H,3-4H2,1-2H3/q+1. The van der Waals surface area contributed by atoms with Gasteiger partial charge in [-0.1, -0.05) is 0 Å². The molecule has 7 heteroatoms. The molecule has 1 rings (SSSR count). The van der Waals surface area contributed by atoms with Crippen LogP contribution in [0.15, 0.2) is 12.4 Å². The van der Waals surface area contributed by atoms with Gasteiger partial charge in [-0.2, -0.15) is 22.3 Å². The Bertz CT molecular complexity index is 363. The fraction of sp³-hybridized carbons (Fsp3) is 0.556. The first-order chi connectivity index (χ1) is 7.40. The van der Waals surface area contributed by atoms with E-state index in [-0.39, 0.29) is 6.01 Å². The molecule has 0 amide bonds. The number of hydrogen-bond donors (Lipinski definition) is 0. The van der Waals surface area contributed by atoms with Crippen LogP contribution >= 0.6 is 0 Å². The number of carbonyl (C=O) groups is 1. The molecule has 0 aliphatic heterocycles. The summed E-state index contributed by atoms with van der Waals surface area (Å²) in [4.78, 5) is 10.7. The number of halogens is 3. The van der Waals surface area contributed by atoms with Crippen LogP contribution in [0.1, 0.15) is 13.8 Å². The fourth-order valence-electron chi connectivity index (χ4n) is 1.19. The zero-order valence-corrected chi connectivity index (χ0v) is 8.91. The zero-order chi connectivity index (χ0) is 12.3. The van der Waals surface area contributed by atoms with Crippen LogP contribution in [0.4, 0.5) is 13.2 Å². The van der Waals surface area contributed by atoms with E-state index in [4.69, 9.17) is 0 Å². The molecular weight excluding hydrogens is 225 g/mol. The van der Waals surface area contributed by atoms with Gasteiger partial charge >= 0.3 is 18.2 Å². The maximum Gasteiger partial charge on any atom is 0.491 e. The highest BCUT2D eigenvalue weighted by molar-refractivity contribution is 5.77. The monoisotopic (exact) mass is 237 g/mol. The highest BCUT2D eigenvalue weighted by atomic mass is 19.4. The van der Waals surface area contributed by atoms with E-state index in [1.54, 1.807) is 26.2 Å². The van der Waals surface area contributed by atoms with Gasteiger partial charge in [0.15, 0.2) is 0 Å². The summed E-state index contributed by atoms with van der Waals surface area (Å²) in [6.07, 6.45) is -1.86. The van der Waals surface area contributed by atoms with Crippen molar-refractivity contribution in [2.24, 2.45) is 0 Å². The topological polar surface area (TPSA) is 35.1 Å². The lowest BCUT2D eigenvalue weighted by Gasteiger charge is -2.05. The van der Waals surface area contributed by atoms with Crippen molar-refractivity contribution in [2.45, 2.75) is 33.1 Å². The third kappa shape index (κ3) is 2.53. The number of imidazole rings is 1. The molecule has 1 aromatic heterocycles. The van der Waals surface area contributed by atoms with E-state index in [0.29, 0.717) is 13.1 Å². The van der Waals surface area contributed by atoms with Crippen molar-refractivity contribution in [1.82, 2.24) is 4.57 Å². The average Bonchev–Trinajstić information content (AvgIpc) is 2.58. The predicted molar refractivity (Wildman–Crippen MR) is 47.7 cm³/mol. The molecule has 0 fully saturated rings. The lowest BCUT2D eigenvalue weighted by molar-refractivity contribution is -0.696. The molecule has 0 aromatic carbocycles. The van der Waals surface area contributed by atoms with Gasteiger partial charge in [-0.15, -0.1) is 0 Å². The number of aromatic nitrogens is 2. The van der Waals surface area contributed by atoms with Crippen molar-refractivity contribution in [3.63, 3.8) is 0 Å². The molecule has 0 aliphatic rings. The van der Waals surface area contributed by atoms with Crippen LogP contribution in [0.5, 0.6) is 6.01 Å². The van der Waals surface area contributed by atoms with Crippen molar-refractivity contribution in [1.29, 1.82) is 0 Å². The second kappa shape index (κ2) is 4.54. The Morgan fingerprint density at radius 2 is 2.12 bits per heavy atom. The summed E-state index contributed by atoms with van der Waals surface area (Å²) in [5.74, 6) is -2.21. The second-order valence-corrected chi connectivity index (χ2v) is 3.04. The molecule has 4 nitrogen and oxygen atoms in total. The average molecular weight is 237 g/mol. The zero-order valence-electron chi connectivity index (χ0n) is 8.91. The Kier molecular flexibility index (Phi) is 3.56. The van der Waals surface area contributed by atoms with Crippen molar-refractivity contribution >= 4 is 5.97 Å². The summed E-state index contributed by atoms with van der Waals surface area (Å²) in [5, 5.41) is 0. The second-order valence-electron chi connectivity index (χ2n) is 3.04. The van der Waals surface area contributed by atoms with Gasteiger partial charge in [0.05, 0.1) is 13.1 Å².